The lowest BCUT2D eigenvalue weighted by atomic mass is 10.1. The van der Waals surface area contributed by atoms with E-state index in [1.165, 1.54) is 5.56 Å². The lowest BCUT2D eigenvalue weighted by Gasteiger charge is -2.30. The molecule has 0 radical (unpaired) electrons. The van der Waals surface area contributed by atoms with Crippen molar-refractivity contribution in [3.63, 3.8) is 0 Å². The van der Waals surface area contributed by atoms with E-state index in [-0.39, 0.29) is 19.0 Å². The van der Waals surface area contributed by atoms with E-state index in [0.717, 1.165) is 12.1 Å². The third-order valence-corrected chi connectivity index (χ3v) is 3.44. The number of carbonyl (C=O) groups is 2. The van der Waals surface area contributed by atoms with E-state index in [2.05, 4.69) is 12.2 Å². The van der Waals surface area contributed by atoms with Gasteiger partial charge in [0.1, 0.15) is 0 Å². The normalized spacial score (nSPS) is 19.2. The summed E-state index contributed by atoms with van der Waals surface area (Å²) < 4.78 is 5.12. The predicted octanol–water partition coefficient (Wildman–Crippen LogP) is 0.973. The molecule has 114 valence electrons. The third-order valence-electron chi connectivity index (χ3n) is 3.44. The quantitative estimate of drug-likeness (QED) is 0.845. The Morgan fingerprint density at radius 3 is 2.71 bits per heavy atom. The number of aryl methyl sites for hydroxylation is 1. The summed E-state index contributed by atoms with van der Waals surface area (Å²) >= 11 is 0. The predicted molar refractivity (Wildman–Crippen MR) is 78.3 cm³/mol. The zero-order valence-corrected chi connectivity index (χ0v) is 12.0. The zero-order chi connectivity index (χ0) is 15.2. The number of benzene rings is 1. The van der Waals surface area contributed by atoms with Crippen LogP contribution in [0.4, 0.5) is 5.69 Å². The van der Waals surface area contributed by atoms with Crippen LogP contribution in [0.5, 0.6) is 0 Å². The molecule has 1 aliphatic heterocycles. The summed E-state index contributed by atoms with van der Waals surface area (Å²) in [4.78, 5) is 24.6. The third kappa shape index (κ3) is 4.54. The monoisotopic (exact) mass is 292 g/mol. The van der Waals surface area contributed by atoms with Crippen LogP contribution >= 0.6 is 0 Å². The molecule has 0 aliphatic carbocycles. The SMILES string of the molecule is CCc1ccc(NC(=O)CN2CCOC(C(=O)O)C2)cc1. The van der Waals surface area contributed by atoms with E-state index in [1.54, 1.807) is 4.90 Å². The summed E-state index contributed by atoms with van der Waals surface area (Å²) in [6.45, 7) is 3.37. The lowest BCUT2D eigenvalue weighted by Crippen LogP contribution is -2.48. The molecule has 1 atom stereocenters. The van der Waals surface area contributed by atoms with Gasteiger partial charge >= 0.3 is 5.97 Å². The Morgan fingerprint density at radius 1 is 1.38 bits per heavy atom. The fourth-order valence-electron chi connectivity index (χ4n) is 2.22. The topological polar surface area (TPSA) is 78.9 Å². The van der Waals surface area contributed by atoms with Gasteiger partial charge in [0.15, 0.2) is 6.10 Å². The summed E-state index contributed by atoms with van der Waals surface area (Å²) in [5, 5.41) is 11.7. The van der Waals surface area contributed by atoms with Crippen molar-refractivity contribution in [1.29, 1.82) is 0 Å². The van der Waals surface area contributed by atoms with Gasteiger partial charge in [-0.1, -0.05) is 19.1 Å². The number of nitrogens with zero attached hydrogens (tertiary/aromatic N) is 1. The van der Waals surface area contributed by atoms with Crippen molar-refractivity contribution in [2.75, 3.05) is 31.6 Å². The number of ether oxygens (including phenoxy) is 1. The average molecular weight is 292 g/mol. The van der Waals surface area contributed by atoms with Crippen LogP contribution in [0.15, 0.2) is 24.3 Å². The minimum atomic E-state index is -0.990. The van der Waals surface area contributed by atoms with Crippen LogP contribution in [-0.4, -0.2) is 54.2 Å². The Kier molecular flexibility index (Phi) is 5.30. The van der Waals surface area contributed by atoms with Gasteiger partial charge in [-0.05, 0) is 24.1 Å². The summed E-state index contributed by atoms with van der Waals surface area (Å²) in [7, 11) is 0. The first-order valence-corrected chi connectivity index (χ1v) is 7.04. The summed E-state index contributed by atoms with van der Waals surface area (Å²) in [5.41, 5.74) is 1.96. The Bertz CT molecular complexity index is 501. The molecule has 6 heteroatoms. The molecule has 1 saturated heterocycles. The molecule has 0 bridgehead atoms. The molecule has 0 saturated carbocycles. The number of anilines is 1. The summed E-state index contributed by atoms with van der Waals surface area (Å²) in [6.07, 6.45) is 0.105. The van der Waals surface area contributed by atoms with Gasteiger partial charge in [-0.3, -0.25) is 9.69 Å². The van der Waals surface area contributed by atoms with Gasteiger partial charge in [0.2, 0.25) is 5.91 Å². The van der Waals surface area contributed by atoms with Crippen LogP contribution in [0.3, 0.4) is 0 Å². The highest BCUT2D eigenvalue weighted by atomic mass is 16.5. The number of aliphatic carboxylic acids is 1. The molecule has 1 aromatic carbocycles. The highest BCUT2D eigenvalue weighted by Crippen LogP contribution is 2.11. The van der Waals surface area contributed by atoms with E-state index in [9.17, 15) is 9.59 Å². The molecule has 1 aliphatic rings. The number of morpholine rings is 1. The van der Waals surface area contributed by atoms with E-state index in [0.29, 0.717) is 13.2 Å². The van der Waals surface area contributed by atoms with E-state index in [4.69, 9.17) is 9.84 Å². The molecular weight excluding hydrogens is 272 g/mol. The van der Waals surface area contributed by atoms with Crippen molar-refractivity contribution >= 4 is 17.6 Å². The van der Waals surface area contributed by atoms with Gasteiger partial charge in [-0.15, -0.1) is 0 Å². The maximum absolute atomic E-state index is 12.0. The zero-order valence-electron chi connectivity index (χ0n) is 12.0. The molecule has 1 aromatic rings. The van der Waals surface area contributed by atoms with Crippen LogP contribution in [-0.2, 0) is 20.7 Å². The Morgan fingerprint density at radius 2 is 2.10 bits per heavy atom. The number of rotatable bonds is 5. The van der Waals surface area contributed by atoms with Crippen LogP contribution in [0.2, 0.25) is 0 Å². The van der Waals surface area contributed by atoms with Crippen molar-refractivity contribution in [2.24, 2.45) is 0 Å². The number of carboxylic acids is 1. The lowest BCUT2D eigenvalue weighted by molar-refractivity contribution is -0.156. The molecular formula is C15H20N2O4. The molecule has 2 rings (SSSR count). The van der Waals surface area contributed by atoms with Crippen LogP contribution in [0.25, 0.3) is 0 Å². The Labute approximate surface area is 123 Å². The molecule has 0 aromatic heterocycles. The largest absolute Gasteiger partial charge is 0.479 e. The number of nitrogens with one attached hydrogen (secondary N) is 1. The summed E-state index contributed by atoms with van der Waals surface area (Å²) in [5.74, 6) is -1.14. The highest BCUT2D eigenvalue weighted by Gasteiger charge is 2.27. The maximum Gasteiger partial charge on any atom is 0.334 e. The number of amides is 1. The smallest absolute Gasteiger partial charge is 0.334 e. The number of hydrogen-bond acceptors (Lipinski definition) is 4. The van der Waals surface area contributed by atoms with Gasteiger partial charge < -0.3 is 15.2 Å². The summed E-state index contributed by atoms with van der Waals surface area (Å²) in [6, 6.07) is 7.70. The van der Waals surface area contributed by atoms with E-state index < -0.39 is 12.1 Å². The fourth-order valence-corrected chi connectivity index (χ4v) is 2.22. The second kappa shape index (κ2) is 7.19. The second-order valence-corrected chi connectivity index (χ2v) is 5.03. The van der Waals surface area contributed by atoms with Gasteiger partial charge in [0.25, 0.3) is 0 Å². The number of carbonyl (C=O) groups excluding carboxylic acids is 1. The molecule has 21 heavy (non-hydrogen) atoms. The molecule has 1 fully saturated rings. The molecule has 0 spiro atoms. The fraction of sp³-hybridized carbons (Fsp3) is 0.467. The Hall–Kier alpha value is -1.92. The van der Waals surface area contributed by atoms with Gasteiger partial charge in [-0.25, -0.2) is 4.79 Å². The van der Waals surface area contributed by atoms with Gasteiger partial charge in [0.05, 0.1) is 13.2 Å². The molecule has 1 amide bonds. The van der Waals surface area contributed by atoms with Crippen LogP contribution in [0, 0.1) is 0 Å². The van der Waals surface area contributed by atoms with Crippen molar-refractivity contribution in [3.05, 3.63) is 29.8 Å². The van der Waals surface area contributed by atoms with E-state index in [1.807, 2.05) is 24.3 Å². The molecule has 2 N–H and O–H groups in total. The van der Waals surface area contributed by atoms with Crippen molar-refractivity contribution in [1.82, 2.24) is 4.90 Å². The molecule has 6 nitrogen and oxygen atoms in total. The average Bonchev–Trinajstić information content (AvgIpc) is 2.48. The molecule has 1 heterocycles. The van der Waals surface area contributed by atoms with Crippen LogP contribution < -0.4 is 5.32 Å². The van der Waals surface area contributed by atoms with E-state index >= 15 is 0 Å². The molecule has 1 unspecified atom stereocenters. The Balaban J connectivity index is 1.84. The minimum absolute atomic E-state index is 0.148. The minimum Gasteiger partial charge on any atom is -0.479 e. The number of carboxylic acid groups (broad SMARTS) is 1. The highest BCUT2D eigenvalue weighted by molar-refractivity contribution is 5.92. The first kappa shape index (κ1) is 15.5. The van der Waals surface area contributed by atoms with Crippen molar-refractivity contribution < 1.29 is 19.4 Å². The van der Waals surface area contributed by atoms with Crippen molar-refractivity contribution in [3.8, 4) is 0 Å². The number of hydrogen-bond donors (Lipinski definition) is 2. The first-order valence-electron chi connectivity index (χ1n) is 7.04. The first-order chi connectivity index (χ1) is 10.1. The van der Waals surface area contributed by atoms with Gasteiger partial charge in [0, 0.05) is 18.8 Å². The van der Waals surface area contributed by atoms with Crippen LogP contribution in [0.1, 0.15) is 12.5 Å². The van der Waals surface area contributed by atoms with Gasteiger partial charge in [-0.2, -0.15) is 0 Å². The van der Waals surface area contributed by atoms with Crippen molar-refractivity contribution in [2.45, 2.75) is 19.4 Å². The second-order valence-electron chi connectivity index (χ2n) is 5.03. The maximum atomic E-state index is 12.0. The standard InChI is InChI=1S/C15H20N2O4/c1-2-11-3-5-12(6-4-11)16-14(18)10-17-7-8-21-13(9-17)15(19)20/h3-6,13H,2,7-10H2,1H3,(H,16,18)(H,19,20).